The van der Waals surface area contributed by atoms with Crippen molar-refractivity contribution in [2.45, 2.75) is 31.1 Å². The molecule has 198 valence electrons. The van der Waals surface area contributed by atoms with E-state index in [0.29, 0.717) is 25.1 Å². The molecule has 11 heteroatoms. The molecule has 1 aliphatic heterocycles. The van der Waals surface area contributed by atoms with Gasteiger partial charge >= 0.3 is 5.97 Å². The number of amides is 2. The van der Waals surface area contributed by atoms with Crippen LogP contribution in [-0.4, -0.2) is 35.2 Å². The summed E-state index contributed by atoms with van der Waals surface area (Å²) < 4.78 is 4.52. The van der Waals surface area contributed by atoms with Crippen LogP contribution < -0.4 is 16.1 Å². The fourth-order valence-electron chi connectivity index (χ4n) is 4.17. The van der Waals surface area contributed by atoms with Crippen LogP contribution in [0.25, 0.3) is 0 Å². The third-order valence-electron chi connectivity index (χ3n) is 6.10. The van der Waals surface area contributed by atoms with Gasteiger partial charge in [0.15, 0.2) is 0 Å². The number of aryl methyl sites for hydroxylation is 1. The fraction of sp³-hybridized carbons (Fsp3) is 0.222. The van der Waals surface area contributed by atoms with Crippen molar-refractivity contribution in [2.75, 3.05) is 22.9 Å². The number of benzene rings is 3. The van der Waals surface area contributed by atoms with Gasteiger partial charge in [-0.3, -0.25) is 9.59 Å². The van der Waals surface area contributed by atoms with E-state index in [1.807, 2.05) is 25.1 Å². The summed E-state index contributed by atoms with van der Waals surface area (Å²) in [5.74, 6) is -0.966. The molecule has 0 aliphatic carbocycles. The summed E-state index contributed by atoms with van der Waals surface area (Å²) in [6, 6.07) is 15.5. The van der Waals surface area contributed by atoms with Gasteiger partial charge in [0.2, 0.25) is 5.91 Å². The Hall–Kier alpha value is -3.40. The highest BCUT2D eigenvalue weighted by molar-refractivity contribution is 7.87. The molecule has 0 fully saturated rings. The van der Waals surface area contributed by atoms with E-state index in [9.17, 15) is 14.4 Å². The van der Waals surface area contributed by atoms with E-state index in [1.54, 1.807) is 29.2 Å². The molecule has 1 heterocycles. The Kier molecular flexibility index (Phi) is 8.71. The highest BCUT2D eigenvalue weighted by atomic mass is 35.5. The number of carbonyl (C=O) groups excluding carboxylic acids is 2. The Balaban J connectivity index is 1.63. The Morgan fingerprint density at radius 3 is 2.55 bits per heavy atom. The largest absolute Gasteiger partial charge is 0.478 e. The zero-order valence-electron chi connectivity index (χ0n) is 20.5. The van der Waals surface area contributed by atoms with Crippen molar-refractivity contribution in [3.05, 3.63) is 86.9 Å². The number of hydrogen-bond acceptors (Lipinski definition) is 5. The maximum Gasteiger partial charge on any atom is 0.335 e. The number of anilines is 2. The molecule has 8 nitrogen and oxygen atoms in total. The summed E-state index contributed by atoms with van der Waals surface area (Å²) in [7, 11) is -0.804. The molecule has 3 aromatic carbocycles. The molecule has 4 N–H and O–H groups in total. The average Bonchev–Trinajstić information content (AvgIpc) is 3.21. The second-order valence-corrected chi connectivity index (χ2v) is 11.3. The summed E-state index contributed by atoms with van der Waals surface area (Å²) in [6.45, 7) is 2.69. The number of nitrogens with one attached hydrogen (secondary N) is 1. The summed E-state index contributed by atoms with van der Waals surface area (Å²) in [4.78, 5) is 39.3. The predicted molar refractivity (Wildman–Crippen MR) is 151 cm³/mol. The van der Waals surface area contributed by atoms with Crippen LogP contribution in [0.5, 0.6) is 0 Å². The number of aromatic carboxylic acids is 1. The lowest BCUT2D eigenvalue weighted by atomic mass is 10.1. The Morgan fingerprint density at radius 1 is 1.13 bits per heavy atom. The first-order chi connectivity index (χ1) is 18.2. The SMILES string of the molecule is CCCN1C(=O)Cc2cc(S(CCc3ccc(C(=O)O)cc3)=NNC(=O)c3c(N)ccc(Cl)c3Cl)ccc21. The van der Waals surface area contributed by atoms with Gasteiger partial charge in [-0.15, -0.1) is 4.47 Å². The van der Waals surface area contributed by atoms with Crippen molar-refractivity contribution < 1.29 is 19.5 Å². The molecule has 0 saturated carbocycles. The van der Waals surface area contributed by atoms with E-state index < -0.39 is 22.6 Å². The van der Waals surface area contributed by atoms with Crippen LogP contribution in [0.1, 0.15) is 45.2 Å². The molecular weight excluding hydrogens is 547 g/mol. The number of carboxylic acid groups (broad SMARTS) is 1. The number of halogens is 2. The van der Waals surface area contributed by atoms with E-state index in [-0.39, 0.29) is 32.8 Å². The third-order valence-corrected chi connectivity index (χ3v) is 8.61. The monoisotopic (exact) mass is 572 g/mol. The predicted octanol–water partition coefficient (Wildman–Crippen LogP) is 5.32. The van der Waals surface area contributed by atoms with E-state index in [0.717, 1.165) is 28.1 Å². The van der Waals surface area contributed by atoms with Crippen molar-refractivity contribution in [2.24, 2.45) is 4.47 Å². The molecule has 0 radical (unpaired) electrons. The summed E-state index contributed by atoms with van der Waals surface area (Å²) >= 11 is 12.3. The zero-order chi connectivity index (χ0) is 27.4. The lowest BCUT2D eigenvalue weighted by molar-refractivity contribution is -0.117. The van der Waals surface area contributed by atoms with Crippen molar-refractivity contribution in [1.82, 2.24) is 5.43 Å². The minimum Gasteiger partial charge on any atom is -0.478 e. The van der Waals surface area contributed by atoms with Gasteiger partial charge in [-0.1, -0.05) is 42.3 Å². The molecule has 1 atom stereocenters. The first kappa shape index (κ1) is 27.6. The molecule has 3 aromatic rings. The van der Waals surface area contributed by atoms with E-state index in [2.05, 4.69) is 9.90 Å². The molecule has 0 saturated heterocycles. The van der Waals surface area contributed by atoms with Gasteiger partial charge in [-0.05, 0) is 77.1 Å². The molecule has 1 unspecified atom stereocenters. The van der Waals surface area contributed by atoms with Gasteiger partial charge in [-0.2, -0.15) is 0 Å². The molecule has 4 rings (SSSR count). The minimum absolute atomic E-state index is 0.0461. The van der Waals surface area contributed by atoms with Crippen LogP contribution in [0.2, 0.25) is 10.0 Å². The van der Waals surface area contributed by atoms with Crippen molar-refractivity contribution in [1.29, 1.82) is 0 Å². The number of fused-ring (bicyclic) bond motifs is 1. The minimum atomic E-state index is -0.988. The van der Waals surface area contributed by atoms with Crippen LogP contribution >= 0.6 is 23.2 Å². The topological polar surface area (TPSA) is 125 Å². The maximum absolute atomic E-state index is 13.0. The van der Waals surface area contributed by atoms with Gasteiger partial charge in [0.05, 0.1) is 27.6 Å². The van der Waals surface area contributed by atoms with Gasteiger partial charge in [0.25, 0.3) is 5.91 Å². The number of nitrogens with zero attached hydrogens (tertiary/aromatic N) is 2. The van der Waals surface area contributed by atoms with Gasteiger partial charge in [0, 0.05) is 28.6 Å². The summed E-state index contributed by atoms with van der Waals surface area (Å²) in [5, 5.41) is 9.40. The lowest BCUT2D eigenvalue weighted by Gasteiger charge is -2.17. The van der Waals surface area contributed by atoms with Crippen molar-refractivity contribution >= 4 is 63.1 Å². The number of nitrogen functional groups attached to an aromatic ring is 1. The molecule has 0 aromatic heterocycles. The maximum atomic E-state index is 13.0. The Labute approximate surface area is 232 Å². The molecular formula is C27H26Cl2N4O4S. The van der Waals surface area contributed by atoms with Crippen LogP contribution in [0.3, 0.4) is 0 Å². The summed E-state index contributed by atoms with van der Waals surface area (Å²) in [6.07, 6.45) is 1.76. The highest BCUT2D eigenvalue weighted by Crippen LogP contribution is 2.32. The first-order valence-electron chi connectivity index (χ1n) is 11.9. The number of carbonyl (C=O) groups is 3. The van der Waals surface area contributed by atoms with Gasteiger partial charge in [0.1, 0.15) is 0 Å². The van der Waals surface area contributed by atoms with Crippen LogP contribution in [-0.2, 0) is 28.3 Å². The van der Waals surface area contributed by atoms with Crippen LogP contribution in [0, 0.1) is 0 Å². The third kappa shape index (κ3) is 6.01. The second kappa shape index (κ2) is 12.0. The number of nitrogens with two attached hydrogens (primary N) is 1. The zero-order valence-corrected chi connectivity index (χ0v) is 22.9. The Morgan fingerprint density at radius 2 is 1.87 bits per heavy atom. The number of hydrogen-bond donors (Lipinski definition) is 3. The molecule has 1 aliphatic rings. The number of carboxylic acids is 1. The van der Waals surface area contributed by atoms with E-state index in [4.69, 9.17) is 34.0 Å². The quantitative estimate of drug-likeness (QED) is 0.236. The lowest BCUT2D eigenvalue weighted by Crippen LogP contribution is -2.27. The van der Waals surface area contributed by atoms with E-state index in [1.165, 1.54) is 12.1 Å². The van der Waals surface area contributed by atoms with E-state index >= 15 is 0 Å². The molecule has 0 bridgehead atoms. The smallest absolute Gasteiger partial charge is 0.335 e. The van der Waals surface area contributed by atoms with Crippen molar-refractivity contribution in [3.8, 4) is 0 Å². The number of rotatable bonds is 9. The van der Waals surface area contributed by atoms with Gasteiger partial charge < -0.3 is 15.7 Å². The molecule has 2 amide bonds. The van der Waals surface area contributed by atoms with Crippen LogP contribution in [0.15, 0.2) is 64.0 Å². The van der Waals surface area contributed by atoms with Gasteiger partial charge in [-0.25, -0.2) is 10.2 Å². The fourth-order valence-corrected chi connectivity index (χ4v) is 6.14. The molecule has 0 spiro atoms. The Bertz CT molecular complexity index is 1440. The van der Waals surface area contributed by atoms with Crippen LogP contribution in [0.4, 0.5) is 11.4 Å². The summed E-state index contributed by atoms with van der Waals surface area (Å²) in [5.41, 5.74) is 11.7. The highest BCUT2D eigenvalue weighted by Gasteiger charge is 2.27. The standard InChI is InChI=1S/C27H26Cl2N4O4S/c1-2-12-33-22-10-7-19(14-18(22)15-23(33)34)38(13-11-16-3-5-17(6-4-16)27(36)37)32-31-26(35)24-21(30)9-8-20(28)25(24)29/h3-10,14H,2,11-13,15,30H2,1H3,(H,31,35)(H,36,37). The normalized spacial score (nSPS) is 13.4. The molecule has 38 heavy (non-hydrogen) atoms. The second-order valence-electron chi connectivity index (χ2n) is 8.69. The average molecular weight is 574 g/mol. The van der Waals surface area contributed by atoms with Crippen molar-refractivity contribution in [3.63, 3.8) is 0 Å². The first-order valence-corrected chi connectivity index (χ1v) is 14.0.